The van der Waals surface area contributed by atoms with Crippen molar-refractivity contribution in [1.82, 2.24) is 4.98 Å². The quantitative estimate of drug-likeness (QED) is 0.780. The molecule has 1 aromatic carbocycles. The first-order chi connectivity index (χ1) is 7.70. The van der Waals surface area contributed by atoms with Crippen molar-refractivity contribution in [3.05, 3.63) is 48.3 Å². The third-order valence-electron chi connectivity index (χ3n) is 2.65. The molecule has 0 aliphatic rings. The molecule has 0 unspecified atom stereocenters. The van der Waals surface area contributed by atoms with Crippen molar-refractivity contribution >= 4 is 17.1 Å². The molecular formula is C13H15N3. The van der Waals surface area contributed by atoms with E-state index in [-0.39, 0.29) is 0 Å². The molecule has 3 heteroatoms. The number of pyridine rings is 1. The average molecular weight is 213 g/mol. The van der Waals surface area contributed by atoms with E-state index in [0.29, 0.717) is 0 Å². The summed E-state index contributed by atoms with van der Waals surface area (Å²) in [6.45, 7) is 2.06. The molecule has 0 saturated carbocycles. The van der Waals surface area contributed by atoms with E-state index < -0.39 is 0 Å². The molecule has 3 nitrogen and oxygen atoms in total. The molecule has 2 N–H and O–H groups in total. The monoisotopic (exact) mass is 213 g/mol. The Hall–Kier alpha value is -2.03. The van der Waals surface area contributed by atoms with Crippen molar-refractivity contribution in [3.63, 3.8) is 0 Å². The van der Waals surface area contributed by atoms with Gasteiger partial charge in [-0.3, -0.25) is 4.98 Å². The van der Waals surface area contributed by atoms with E-state index in [4.69, 9.17) is 5.73 Å². The minimum absolute atomic E-state index is 0.791. The normalized spacial score (nSPS) is 10.1. The standard InChI is InChI=1S/C13H15N3/c1-10-4-3-5-12(14)13(10)16(2)11-6-8-15-9-7-11/h3-9H,14H2,1-2H3. The number of hydrogen-bond donors (Lipinski definition) is 1. The van der Waals surface area contributed by atoms with Crippen molar-refractivity contribution in [2.45, 2.75) is 6.92 Å². The van der Waals surface area contributed by atoms with Gasteiger partial charge in [-0.15, -0.1) is 0 Å². The fourth-order valence-corrected chi connectivity index (χ4v) is 1.84. The summed E-state index contributed by atoms with van der Waals surface area (Å²) in [7, 11) is 2.01. The molecule has 0 aliphatic carbocycles. The Balaban J connectivity index is 2.46. The van der Waals surface area contributed by atoms with Crippen LogP contribution in [0.5, 0.6) is 0 Å². The number of benzene rings is 1. The Morgan fingerprint density at radius 2 is 1.81 bits per heavy atom. The maximum Gasteiger partial charge on any atom is 0.0671 e. The predicted octanol–water partition coefficient (Wildman–Crippen LogP) is 2.74. The van der Waals surface area contributed by atoms with E-state index in [0.717, 1.165) is 17.1 Å². The van der Waals surface area contributed by atoms with Crippen LogP contribution in [0.15, 0.2) is 42.7 Å². The van der Waals surface area contributed by atoms with Crippen molar-refractivity contribution in [1.29, 1.82) is 0 Å². The first-order valence-electron chi connectivity index (χ1n) is 5.19. The van der Waals surface area contributed by atoms with Gasteiger partial charge in [-0.1, -0.05) is 12.1 Å². The summed E-state index contributed by atoms with van der Waals surface area (Å²) in [4.78, 5) is 6.08. The van der Waals surface area contributed by atoms with Gasteiger partial charge in [0.25, 0.3) is 0 Å². The van der Waals surface area contributed by atoms with E-state index in [1.54, 1.807) is 12.4 Å². The second-order valence-corrected chi connectivity index (χ2v) is 3.78. The molecule has 0 saturated heterocycles. The smallest absolute Gasteiger partial charge is 0.0671 e. The van der Waals surface area contributed by atoms with E-state index in [1.807, 2.05) is 31.3 Å². The zero-order valence-electron chi connectivity index (χ0n) is 9.51. The summed E-state index contributed by atoms with van der Waals surface area (Å²) in [6.07, 6.45) is 3.56. The van der Waals surface area contributed by atoms with Crippen molar-refractivity contribution in [3.8, 4) is 0 Å². The maximum absolute atomic E-state index is 6.00. The molecular weight excluding hydrogens is 198 g/mol. The fourth-order valence-electron chi connectivity index (χ4n) is 1.84. The Bertz CT molecular complexity index is 460. The van der Waals surface area contributed by atoms with Crippen molar-refractivity contribution in [2.24, 2.45) is 0 Å². The minimum Gasteiger partial charge on any atom is -0.397 e. The largest absolute Gasteiger partial charge is 0.397 e. The first kappa shape index (κ1) is 10.5. The number of nitrogens with two attached hydrogens (primary N) is 1. The number of anilines is 3. The van der Waals surface area contributed by atoms with Gasteiger partial charge in [0.1, 0.15) is 0 Å². The van der Waals surface area contributed by atoms with Crippen LogP contribution in [0.3, 0.4) is 0 Å². The minimum atomic E-state index is 0.791. The number of aryl methyl sites for hydroxylation is 1. The maximum atomic E-state index is 6.00. The van der Waals surface area contributed by atoms with Crippen LogP contribution in [-0.4, -0.2) is 12.0 Å². The van der Waals surface area contributed by atoms with Gasteiger partial charge in [0.2, 0.25) is 0 Å². The summed E-state index contributed by atoms with van der Waals surface area (Å²) < 4.78 is 0. The summed E-state index contributed by atoms with van der Waals surface area (Å²) in [5, 5.41) is 0. The van der Waals surface area contributed by atoms with Crippen LogP contribution < -0.4 is 10.6 Å². The second kappa shape index (κ2) is 4.23. The van der Waals surface area contributed by atoms with Crippen LogP contribution in [-0.2, 0) is 0 Å². The molecule has 0 atom stereocenters. The van der Waals surface area contributed by atoms with Gasteiger partial charge >= 0.3 is 0 Å². The highest BCUT2D eigenvalue weighted by atomic mass is 15.1. The number of para-hydroxylation sites is 1. The molecule has 0 aliphatic heterocycles. The topological polar surface area (TPSA) is 42.1 Å². The summed E-state index contributed by atoms with van der Waals surface area (Å²) in [6, 6.07) is 9.87. The summed E-state index contributed by atoms with van der Waals surface area (Å²) >= 11 is 0. The SMILES string of the molecule is Cc1cccc(N)c1N(C)c1ccncc1. The molecule has 0 bridgehead atoms. The van der Waals surface area contributed by atoms with Gasteiger partial charge in [-0.25, -0.2) is 0 Å². The molecule has 16 heavy (non-hydrogen) atoms. The van der Waals surface area contributed by atoms with Crippen LogP contribution in [0.2, 0.25) is 0 Å². The van der Waals surface area contributed by atoms with Crippen LogP contribution in [0.4, 0.5) is 17.1 Å². The molecule has 0 spiro atoms. The first-order valence-corrected chi connectivity index (χ1v) is 5.19. The van der Waals surface area contributed by atoms with Crippen LogP contribution in [0, 0.1) is 6.92 Å². The summed E-state index contributed by atoms with van der Waals surface area (Å²) in [5.41, 5.74) is 10.1. The Labute approximate surface area is 95.5 Å². The molecule has 1 heterocycles. The van der Waals surface area contributed by atoms with Crippen LogP contribution >= 0.6 is 0 Å². The average Bonchev–Trinajstić information content (AvgIpc) is 2.30. The van der Waals surface area contributed by atoms with E-state index >= 15 is 0 Å². The number of nitrogens with zero attached hydrogens (tertiary/aromatic N) is 2. The van der Waals surface area contributed by atoms with Crippen molar-refractivity contribution in [2.75, 3.05) is 17.7 Å². The lowest BCUT2D eigenvalue weighted by Crippen LogP contribution is -2.12. The Morgan fingerprint density at radius 3 is 2.44 bits per heavy atom. The van der Waals surface area contributed by atoms with Gasteiger partial charge in [0, 0.05) is 25.1 Å². The highest BCUT2D eigenvalue weighted by molar-refractivity contribution is 5.77. The lowest BCUT2D eigenvalue weighted by Gasteiger charge is -2.23. The third-order valence-corrected chi connectivity index (χ3v) is 2.65. The lowest BCUT2D eigenvalue weighted by molar-refractivity contribution is 1.17. The molecule has 0 radical (unpaired) electrons. The Morgan fingerprint density at radius 1 is 1.12 bits per heavy atom. The Kier molecular flexibility index (Phi) is 2.77. The highest BCUT2D eigenvalue weighted by Gasteiger charge is 2.09. The molecule has 0 fully saturated rings. The van der Waals surface area contributed by atoms with E-state index in [1.165, 1.54) is 5.56 Å². The highest BCUT2D eigenvalue weighted by Crippen LogP contribution is 2.31. The lowest BCUT2D eigenvalue weighted by atomic mass is 10.1. The summed E-state index contributed by atoms with van der Waals surface area (Å²) in [5.74, 6) is 0. The number of aromatic nitrogens is 1. The van der Waals surface area contributed by atoms with E-state index in [2.05, 4.69) is 22.9 Å². The molecule has 2 rings (SSSR count). The molecule has 1 aromatic heterocycles. The number of hydrogen-bond acceptors (Lipinski definition) is 3. The van der Waals surface area contributed by atoms with E-state index in [9.17, 15) is 0 Å². The molecule has 82 valence electrons. The zero-order valence-corrected chi connectivity index (χ0v) is 9.51. The van der Waals surface area contributed by atoms with Crippen molar-refractivity contribution < 1.29 is 0 Å². The van der Waals surface area contributed by atoms with Gasteiger partial charge in [-0.05, 0) is 30.7 Å². The van der Waals surface area contributed by atoms with Gasteiger partial charge in [-0.2, -0.15) is 0 Å². The third kappa shape index (κ3) is 1.84. The van der Waals surface area contributed by atoms with Crippen LogP contribution in [0.1, 0.15) is 5.56 Å². The number of rotatable bonds is 2. The van der Waals surface area contributed by atoms with Gasteiger partial charge < -0.3 is 10.6 Å². The second-order valence-electron chi connectivity index (χ2n) is 3.78. The van der Waals surface area contributed by atoms with Gasteiger partial charge in [0.15, 0.2) is 0 Å². The zero-order chi connectivity index (χ0) is 11.5. The predicted molar refractivity (Wildman–Crippen MR) is 67.9 cm³/mol. The molecule has 2 aromatic rings. The fraction of sp³-hybridized carbons (Fsp3) is 0.154. The van der Waals surface area contributed by atoms with Gasteiger partial charge in [0.05, 0.1) is 11.4 Å². The van der Waals surface area contributed by atoms with Crippen LogP contribution in [0.25, 0.3) is 0 Å². The number of nitrogen functional groups attached to an aromatic ring is 1. The molecule has 0 amide bonds.